The fourth-order valence-corrected chi connectivity index (χ4v) is 3.58. The first-order chi connectivity index (χ1) is 9.94. The summed E-state index contributed by atoms with van der Waals surface area (Å²) in [6.45, 7) is 10.5. The molecular formula is C17H28ClFN2. The molecule has 0 spiro atoms. The van der Waals surface area contributed by atoms with Gasteiger partial charge >= 0.3 is 0 Å². The Morgan fingerprint density at radius 2 is 1.76 bits per heavy atom. The van der Waals surface area contributed by atoms with Crippen LogP contribution in [0.15, 0.2) is 18.2 Å². The maximum atomic E-state index is 14.0. The molecule has 1 unspecified atom stereocenters. The van der Waals surface area contributed by atoms with E-state index < -0.39 is 0 Å². The molecule has 2 nitrogen and oxygen atoms in total. The van der Waals surface area contributed by atoms with Gasteiger partial charge in [0.15, 0.2) is 0 Å². The van der Waals surface area contributed by atoms with Crippen molar-refractivity contribution in [1.29, 1.82) is 0 Å². The number of nitrogens with zero attached hydrogens (tertiary/aromatic N) is 1. The van der Waals surface area contributed by atoms with Crippen LogP contribution in [-0.2, 0) is 6.42 Å². The average molecular weight is 315 g/mol. The highest BCUT2D eigenvalue weighted by Crippen LogP contribution is 2.29. The Bertz CT molecular complexity index is 442. The van der Waals surface area contributed by atoms with Gasteiger partial charge in [0.2, 0.25) is 0 Å². The summed E-state index contributed by atoms with van der Waals surface area (Å²) >= 11 is 5.81. The summed E-state index contributed by atoms with van der Waals surface area (Å²) in [6.07, 6.45) is 2.45. The molecule has 0 bridgehead atoms. The molecule has 0 fully saturated rings. The van der Waals surface area contributed by atoms with E-state index in [9.17, 15) is 4.39 Å². The normalized spacial score (nSPS) is 13.7. The third kappa shape index (κ3) is 3.97. The Balaban J connectivity index is 3.03. The summed E-state index contributed by atoms with van der Waals surface area (Å²) < 4.78 is 14.0. The molecule has 1 aromatic carbocycles. The second kappa shape index (κ2) is 8.11. The van der Waals surface area contributed by atoms with E-state index in [4.69, 9.17) is 17.3 Å². The summed E-state index contributed by atoms with van der Waals surface area (Å²) in [6, 6.07) is 4.73. The SMILES string of the molecule is CCN(CC)C(CC)(CC)C(N)Cc1ccc(Cl)cc1F. The molecule has 1 aromatic rings. The Kier molecular flexibility index (Phi) is 7.11. The van der Waals surface area contributed by atoms with Crippen LogP contribution in [0.5, 0.6) is 0 Å². The molecule has 0 aliphatic rings. The van der Waals surface area contributed by atoms with E-state index in [1.54, 1.807) is 12.1 Å². The fourth-order valence-electron chi connectivity index (χ4n) is 3.42. The van der Waals surface area contributed by atoms with E-state index in [1.807, 2.05) is 0 Å². The molecule has 21 heavy (non-hydrogen) atoms. The van der Waals surface area contributed by atoms with Crippen LogP contribution in [0.25, 0.3) is 0 Å². The van der Waals surface area contributed by atoms with Gasteiger partial charge in [-0.2, -0.15) is 0 Å². The fraction of sp³-hybridized carbons (Fsp3) is 0.647. The molecule has 0 aliphatic heterocycles. The molecular weight excluding hydrogens is 287 g/mol. The van der Waals surface area contributed by atoms with Gasteiger partial charge in [-0.15, -0.1) is 0 Å². The zero-order valence-corrected chi connectivity index (χ0v) is 14.4. The van der Waals surface area contributed by atoms with Crippen LogP contribution in [0.3, 0.4) is 0 Å². The van der Waals surface area contributed by atoms with E-state index in [2.05, 4.69) is 32.6 Å². The van der Waals surface area contributed by atoms with Crippen molar-refractivity contribution in [2.75, 3.05) is 13.1 Å². The van der Waals surface area contributed by atoms with E-state index in [1.165, 1.54) is 6.07 Å². The average Bonchev–Trinajstić information content (AvgIpc) is 2.47. The standard InChI is InChI=1S/C17H28ClFN2/c1-5-17(6-2,21(7-3)8-4)16(20)11-13-9-10-14(18)12-15(13)19/h9-10,12,16H,5-8,11,20H2,1-4H3. The van der Waals surface area contributed by atoms with Gasteiger partial charge < -0.3 is 5.73 Å². The topological polar surface area (TPSA) is 29.3 Å². The molecule has 0 radical (unpaired) electrons. The lowest BCUT2D eigenvalue weighted by molar-refractivity contribution is 0.0626. The number of hydrogen-bond donors (Lipinski definition) is 1. The van der Waals surface area contributed by atoms with Gasteiger partial charge in [0.1, 0.15) is 5.82 Å². The molecule has 0 amide bonds. The molecule has 0 saturated carbocycles. The Hall–Kier alpha value is -0.640. The maximum Gasteiger partial charge on any atom is 0.127 e. The third-order valence-electron chi connectivity index (χ3n) is 4.76. The number of hydrogen-bond acceptors (Lipinski definition) is 2. The predicted molar refractivity (Wildman–Crippen MR) is 89.3 cm³/mol. The van der Waals surface area contributed by atoms with Crippen molar-refractivity contribution in [3.63, 3.8) is 0 Å². The minimum absolute atomic E-state index is 0.0877. The zero-order chi connectivity index (χ0) is 16.0. The van der Waals surface area contributed by atoms with Gasteiger partial charge in [-0.3, -0.25) is 4.90 Å². The first-order valence-electron chi connectivity index (χ1n) is 7.89. The highest BCUT2D eigenvalue weighted by Gasteiger charge is 2.38. The lowest BCUT2D eigenvalue weighted by Gasteiger charge is -2.46. The Morgan fingerprint density at radius 3 is 2.19 bits per heavy atom. The highest BCUT2D eigenvalue weighted by atomic mass is 35.5. The number of rotatable bonds is 8. The first kappa shape index (κ1) is 18.4. The van der Waals surface area contributed by atoms with E-state index in [-0.39, 0.29) is 17.4 Å². The van der Waals surface area contributed by atoms with Crippen LogP contribution in [0.2, 0.25) is 5.02 Å². The summed E-state index contributed by atoms with van der Waals surface area (Å²) in [5, 5.41) is 0.422. The molecule has 0 aliphatic carbocycles. The quantitative estimate of drug-likeness (QED) is 0.777. The zero-order valence-electron chi connectivity index (χ0n) is 13.6. The lowest BCUT2D eigenvalue weighted by Crippen LogP contribution is -2.60. The predicted octanol–water partition coefficient (Wildman–Crippen LogP) is 4.25. The molecule has 120 valence electrons. The van der Waals surface area contributed by atoms with Crippen molar-refractivity contribution < 1.29 is 4.39 Å². The number of benzene rings is 1. The molecule has 4 heteroatoms. The van der Waals surface area contributed by atoms with Gasteiger partial charge in [-0.1, -0.05) is 45.4 Å². The smallest absolute Gasteiger partial charge is 0.127 e. The molecule has 0 aromatic heterocycles. The maximum absolute atomic E-state index is 14.0. The van der Waals surface area contributed by atoms with Crippen molar-refractivity contribution in [3.05, 3.63) is 34.6 Å². The van der Waals surface area contributed by atoms with Gasteiger partial charge in [0.05, 0.1) is 0 Å². The molecule has 0 heterocycles. The highest BCUT2D eigenvalue weighted by molar-refractivity contribution is 6.30. The van der Waals surface area contributed by atoms with Gasteiger partial charge in [-0.25, -0.2) is 4.39 Å². The van der Waals surface area contributed by atoms with Crippen LogP contribution in [0.4, 0.5) is 4.39 Å². The van der Waals surface area contributed by atoms with Crippen LogP contribution < -0.4 is 5.73 Å². The Labute approximate surface area is 133 Å². The minimum atomic E-state index is -0.265. The second-order valence-corrected chi connectivity index (χ2v) is 5.97. The van der Waals surface area contributed by atoms with E-state index in [0.29, 0.717) is 17.0 Å². The number of nitrogens with two attached hydrogens (primary N) is 1. The van der Waals surface area contributed by atoms with E-state index >= 15 is 0 Å². The summed E-state index contributed by atoms with van der Waals surface area (Å²) in [4.78, 5) is 2.41. The van der Waals surface area contributed by atoms with Crippen molar-refractivity contribution in [2.45, 2.75) is 58.5 Å². The molecule has 2 N–H and O–H groups in total. The largest absolute Gasteiger partial charge is 0.326 e. The lowest BCUT2D eigenvalue weighted by atomic mass is 9.80. The summed E-state index contributed by atoms with van der Waals surface area (Å²) in [7, 11) is 0. The first-order valence-corrected chi connectivity index (χ1v) is 8.27. The molecule has 1 atom stereocenters. The van der Waals surface area contributed by atoms with Crippen molar-refractivity contribution >= 4 is 11.6 Å². The third-order valence-corrected chi connectivity index (χ3v) is 5.00. The monoisotopic (exact) mass is 314 g/mol. The Morgan fingerprint density at radius 1 is 1.19 bits per heavy atom. The van der Waals surface area contributed by atoms with Crippen LogP contribution in [0.1, 0.15) is 46.1 Å². The van der Waals surface area contributed by atoms with Crippen molar-refractivity contribution in [1.82, 2.24) is 4.90 Å². The van der Waals surface area contributed by atoms with Crippen LogP contribution in [0, 0.1) is 5.82 Å². The molecule has 0 saturated heterocycles. The van der Waals surface area contributed by atoms with Gasteiger partial charge in [0.25, 0.3) is 0 Å². The van der Waals surface area contributed by atoms with Crippen molar-refractivity contribution in [3.8, 4) is 0 Å². The van der Waals surface area contributed by atoms with Gasteiger partial charge in [0, 0.05) is 16.6 Å². The van der Waals surface area contributed by atoms with Gasteiger partial charge in [-0.05, 0) is 50.0 Å². The minimum Gasteiger partial charge on any atom is -0.326 e. The van der Waals surface area contributed by atoms with Crippen molar-refractivity contribution in [2.24, 2.45) is 5.73 Å². The summed E-state index contributed by atoms with van der Waals surface area (Å²) in [5.41, 5.74) is 7.08. The van der Waals surface area contributed by atoms with Crippen LogP contribution >= 0.6 is 11.6 Å². The second-order valence-electron chi connectivity index (χ2n) is 5.53. The van der Waals surface area contributed by atoms with Crippen LogP contribution in [-0.4, -0.2) is 29.6 Å². The number of halogens is 2. The van der Waals surface area contributed by atoms with E-state index in [0.717, 1.165) is 25.9 Å². The summed E-state index contributed by atoms with van der Waals surface area (Å²) in [5.74, 6) is -0.265. The molecule has 1 rings (SSSR count). The number of likely N-dealkylation sites (N-methyl/N-ethyl adjacent to an activating group) is 1.